The van der Waals surface area contributed by atoms with Gasteiger partial charge in [0.1, 0.15) is 16.4 Å². The molecule has 40 heavy (non-hydrogen) atoms. The summed E-state index contributed by atoms with van der Waals surface area (Å²) in [4.78, 5) is 21.3. The van der Waals surface area contributed by atoms with Crippen LogP contribution in [-0.4, -0.2) is 33.8 Å². The van der Waals surface area contributed by atoms with Gasteiger partial charge < -0.3 is 14.6 Å². The summed E-state index contributed by atoms with van der Waals surface area (Å²) < 4.78 is 12.7. The van der Waals surface area contributed by atoms with Gasteiger partial charge in [-0.2, -0.15) is 0 Å². The molecule has 0 saturated heterocycles. The summed E-state index contributed by atoms with van der Waals surface area (Å²) in [5.74, 6) is 0.243. The van der Waals surface area contributed by atoms with Crippen molar-refractivity contribution in [3.63, 3.8) is 0 Å². The molecule has 0 fully saturated rings. The van der Waals surface area contributed by atoms with Crippen LogP contribution in [0.5, 0.6) is 11.6 Å². The summed E-state index contributed by atoms with van der Waals surface area (Å²) >= 11 is 7.91. The van der Waals surface area contributed by atoms with Crippen molar-refractivity contribution in [2.24, 2.45) is 0 Å². The van der Waals surface area contributed by atoms with Gasteiger partial charge in [-0.1, -0.05) is 29.8 Å². The number of fused-ring (bicyclic) bond motifs is 1. The van der Waals surface area contributed by atoms with Gasteiger partial charge in [0.2, 0.25) is 5.88 Å². The summed E-state index contributed by atoms with van der Waals surface area (Å²) in [5.41, 5.74) is 6.27. The molecule has 0 unspecified atom stereocenters. The quantitative estimate of drug-likeness (QED) is 0.211. The predicted octanol–water partition coefficient (Wildman–Crippen LogP) is 8.47. The lowest BCUT2D eigenvalue weighted by molar-refractivity contribution is -0.136. The fourth-order valence-corrected chi connectivity index (χ4v) is 6.02. The van der Waals surface area contributed by atoms with Crippen LogP contribution in [0.2, 0.25) is 5.02 Å². The fourth-order valence-electron chi connectivity index (χ4n) is 4.73. The van der Waals surface area contributed by atoms with Crippen LogP contribution in [0, 0.1) is 6.92 Å². The largest absolute Gasteiger partial charge is 0.487 e. The van der Waals surface area contributed by atoms with E-state index < -0.39 is 11.6 Å². The van der Waals surface area contributed by atoms with Gasteiger partial charge in [0, 0.05) is 33.5 Å². The summed E-state index contributed by atoms with van der Waals surface area (Å²) in [6, 6.07) is 19.4. The number of aryl methyl sites for hydroxylation is 1. The minimum absolute atomic E-state index is 0.127. The number of thiazole rings is 1. The number of aliphatic carboxylic acids is 1. The van der Waals surface area contributed by atoms with Crippen molar-refractivity contribution in [3.8, 4) is 44.5 Å². The minimum atomic E-state index is -0.904. The lowest BCUT2D eigenvalue weighted by Crippen LogP contribution is -2.23. The number of pyridine rings is 1. The standard InChI is InChI=1S/C32H29ClN2O4S/c1-18-14-25-29(28(24(18)17-27(36)37)23-12-11-21(33)16-26(23)39-32(2,3)4)40-31(35-25)20-9-6-8-19(15-20)22-10-7-13-34-30(22)38-5/h6-16H,17H2,1-5H3,(H,36,37). The third-order valence-corrected chi connectivity index (χ3v) is 7.73. The Balaban J connectivity index is 1.74. The second-order valence-corrected chi connectivity index (χ2v) is 11.9. The zero-order valence-corrected chi connectivity index (χ0v) is 24.5. The van der Waals surface area contributed by atoms with Gasteiger partial charge in [-0.25, -0.2) is 9.97 Å². The van der Waals surface area contributed by atoms with Gasteiger partial charge in [-0.3, -0.25) is 4.79 Å². The van der Waals surface area contributed by atoms with E-state index in [1.165, 1.54) is 11.3 Å². The van der Waals surface area contributed by atoms with Gasteiger partial charge in [0.25, 0.3) is 0 Å². The molecule has 8 heteroatoms. The maximum absolute atomic E-state index is 12.0. The molecule has 0 radical (unpaired) electrons. The molecule has 0 aliphatic heterocycles. The highest BCUT2D eigenvalue weighted by Gasteiger charge is 2.24. The summed E-state index contributed by atoms with van der Waals surface area (Å²) in [5, 5.41) is 11.2. The lowest BCUT2D eigenvalue weighted by atomic mass is 9.92. The molecular weight excluding hydrogens is 544 g/mol. The summed E-state index contributed by atoms with van der Waals surface area (Å²) in [6.45, 7) is 7.83. The average Bonchev–Trinajstić information content (AvgIpc) is 3.32. The van der Waals surface area contributed by atoms with Gasteiger partial charge in [-0.15, -0.1) is 11.3 Å². The number of rotatable bonds is 7. The molecule has 5 rings (SSSR count). The van der Waals surface area contributed by atoms with Crippen molar-refractivity contribution >= 4 is 39.1 Å². The van der Waals surface area contributed by atoms with Gasteiger partial charge in [0.05, 0.1) is 23.7 Å². The van der Waals surface area contributed by atoms with Crippen LogP contribution < -0.4 is 9.47 Å². The first-order valence-electron chi connectivity index (χ1n) is 12.8. The number of hydrogen-bond acceptors (Lipinski definition) is 6. The van der Waals surface area contributed by atoms with Crippen LogP contribution in [-0.2, 0) is 11.2 Å². The zero-order valence-electron chi connectivity index (χ0n) is 22.9. The van der Waals surface area contributed by atoms with E-state index in [9.17, 15) is 9.90 Å². The maximum atomic E-state index is 12.0. The van der Waals surface area contributed by atoms with Crippen molar-refractivity contribution in [1.82, 2.24) is 9.97 Å². The van der Waals surface area contributed by atoms with E-state index in [0.717, 1.165) is 54.2 Å². The molecule has 0 saturated carbocycles. The molecule has 6 nitrogen and oxygen atoms in total. The van der Waals surface area contributed by atoms with E-state index >= 15 is 0 Å². The van der Waals surface area contributed by atoms with Crippen LogP contribution in [0.3, 0.4) is 0 Å². The third kappa shape index (κ3) is 5.67. The molecule has 0 atom stereocenters. The van der Waals surface area contributed by atoms with Gasteiger partial charge >= 0.3 is 5.97 Å². The fraction of sp³-hybridized carbons (Fsp3) is 0.219. The SMILES string of the molecule is COc1ncccc1-c1cccc(-c2nc3cc(C)c(CC(=O)O)c(-c4ccc(Cl)cc4OC(C)(C)C)c3s2)c1. The smallest absolute Gasteiger partial charge is 0.307 e. The van der Waals surface area contributed by atoms with Crippen LogP contribution in [0.25, 0.3) is 43.0 Å². The van der Waals surface area contributed by atoms with Crippen LogP contribution in [0.4, 0.5) is 0 Å². The number of benzene rings is 3. The number of halogens is 1. The molecule has 3 aromatic carbocycles. The molecule has 2 heterocycles. The molecule has 0 aliphatic rings. The molecule has 0 amide bonds. The van der Waals surface area contributed by atoms with E-state index in [1.54, 1.807) is 25.4 Å². The average molecular weight is 573 g/mol. The Morgan fingerprint density at radius 1 is 1.02 bits per heavy atom. The van der Waals surface area contributed by atoms with E-state index in [4.69, 9.17) is 26.1 Å². The van der Waals surface area contributed by atoms with E-state index in [-0.39, 0.29) is 6.42 Å². The first kappa shape index (κ1) is 27.6. The maximum Gasteiger partial charge on any atom is 0.307 e. The molecular formula is C32H29ClN2O4S. The molecule has 0 aliphatic carbocycles. The molecule has 5 aromatic rings. The first-order chi connectivity index (χ1) is 19.0. The number of carboxylic acids is 1. The highest BCUT2D eigenvalue weighted by Crippen LogP contribution is 2.45. The third-order valence-electron chi connectivity index (χ3n) is 6.35. The van der Waals surface area contributed by atoms with E-state index in [0.29, 0.717) is 16.7 Å². The van der Waals surface area contributed by atoms with Crippen LogP contribution in [0.15, 0.2) is 66.9 Å². The number of carboxylic acid groups (broad SMARTS) is 1. The van der Waals surface area contributed by atoms with E-state index in [1.807, 2.05) is 70.2 Å². The Labute approximate surface area is 242 Å². The Bertz CT molecular complexity index is 1740. The monoisotopic (exact) mass is 572 g/mol. The van der Waals surface area contributed by atoms with Crippen LogP contribution in [0.1, 0.15) is 31.9 Å². The molecule has 0 bridgehead atoms. The summed E-state index contributed by atoms with van der Waals surface area (Å²) in [7, 11) is 1.61. The van der Waals surface area contributed by atoms with Crippen molar-refractivity contribution in [1.29, 1.82) is 0 Å². The highest BCUT2D eigenvalue weighted by atomic mass is 35.5. The lowest BCUT2D eigenvalue weighted by Gasteiger charge is -2.24. The number of hydrogen-bond donors (Lipinski definition) is 1. The van der Waals surface area contributed by atoms with Gasteiger partial charge in [-0.05, 0) is 86.8 Å². The second-order valence-electron chi connectivity index (χ2n) is 10.5. The Kier molecular flexibility index (Phi) is 7.53. The Hall–Kier alpha value is -3.94. The van der Waals surface area contributed by atoms with Crippen molar-refractivity contribution in [2.75, 3.05) is 7.11 Å². The molecule has 0 spiro atoms. The topological polar surface area (TPSA) is 81.5 Å². The number of nitrogens with zero attached hydrogens (tertiary/aromatic N) is 2. The highest BCUT2D eigenvalue weighted by molar-refractivity contribution is 7.22. The minimum Gasteiger partial charge on any atom is -0.487 e. The van der Waals surface area contributed by atoms with Crippen molar-refractivity contribution in [3.05, 3.63) is 83.0 Å². The number of ether oxygens (including phenoxy) is 2. The van der Waals surface area contributed by atoms with Gasteiger partial charge in [0.15, 0.2) is 0 Å². The van der Waals surface area contributed by atoms with Crippen molar-refractivity contribution in [2.45, 2.75) is 39.7 Å². The molecule has 1 N–H and O–H groups in total. The van der Waals surface area contributed by atoms with E-state index in [2.05, 4.69) is 11.1 Å². The molecule has 2 aromatic heterocycles. The zero-order chi connectivity index (χ0) is 28.6. The predicted molar refractivity (Wildman–Crippen MR) is 162 cm³/mol. The first-order valence-corrected chi connectivity index (χ1v) is 14.0. The Morgan fingerprint density at radius 2 is 1.80 bits per heavy atom. The Morgan fingerprint density at radius 3 is 2.52 bits per heavy atom. The summed E-state index contributed by atoms with van der Waals surface area (Å²) in [6.07, 6.45) is 1.57. The van der Waals surface area contributed by atoms with Crippen LogP contribution >= 0.6 is 22.9 Å². The second kappa shape index (κ2) is 10.9. The van der Waals surface area contributed by atoms with Crippen molar-refractivity contribution < 1.29 is 19.4 Å². The number of aromatic nitrogens is 2. The number of methoxy groups -OCH3 is 1. The molecule has 204 valence electrons. The normalized spacial score (nSPS) is 11.6. The number of carbonyl (C=O) groups is 1.